The van der Waals surface area contributed by atoms with Gasteiger partial charge in [-0.05, 0) is 189 Å². The predicted molar refractivity (Wildman–Crippen MR) is 466 cm³/mol. The van der Waals surface area contributed by atoms with Crippen LogP contribution in [0.15, 0.2) is 205 Å². The zero-order valence-electron chi connectivity index (χ0n) is 65.1. The van der Waals surface area contributed by atoms with Crippen molar-refractivity contribution in [1.82, 2.24) is 0 Å². The van der Waals surface area contributed by atoms with Crippen LogP contribution in [0.4, 0.5) is 0 Å². The molecule has 0 radical (unpaired) electrons. The minimum Gasteiger partial charge on any atom is -0.491 e. The zero-order valence-corrected chi connectivity index (χ0v) is 68.4. The Morgan fingerprint density at radius 1 is 0.379 bits per heavy atom. The maximum Gasteiger partial charge on any atom is 0.270 e. The van der Waals surface area contributed by atoms with Gasteiger partial charge in [-0.25, -0.2) is 20.2 Å². The number of nitrogens with zero attached hydrogens (tertiary/aromatic N) is 4. The topological polar surface area (TPSA) is 164 Å². The fourth-order valence-corrected chi connectivity index (χ4v) is 22.2. The van der Waals surface area contributed by atoms with Crippen LogP contribution in [0.1, 0.15) is 165 Å². The molecular weight excluding hydrogens is 1520 g/mol. The Morgan fingerprint density at radius 2 is 0.672 bits per heavy atom. The average molecular weight is 1610 g/mol. The van der Waals surface area contributed by atoms with Crippen LogP contribution in [0.2, 0.25) is 0 Å². The molecule has 0 aliphatic heterocycles. The number of nitriles is 2. The van der Waals surface area contributed by atoms with Crippen molar-refractivity contribution in [3.8, 4) is 54.6 Å². The molecule has 4 heterocycles. The number of hydrogen-bond acceptors (Lipinski definition) is 16. The van der Waals surface area contributed by atoms with Crippen LogP contribution in [0, 0.1) is 35.8 Å². The molecule has 14 nitrogen and oxygen atoms in total. The molecule has 4 aliphatic rings. The highest BCUT2D eigenvalue weighted by Crippen LogP contribution is 2.70. The van der Waals surface area contributed by atoms with E-state index in [4.69, 9.17) is 51.0 Å². The number of ether oxygens (including phenoxy) is 8. The molecule has 0 bridgehead atoms. The second-order valence-electron chi connectivity index (χ2n) is 29.1. The Balaban J connectivity index is 0.948. The van der Waals surface area contributed by atoms with Crippen molar-refractivity contribution in [2.45, 2.75) is 89.9 Å². The molecule has 4 aliphatic carbocycles. The minimum atomic E-state index is -1.09. The Labute approximate surface area is 692 Å². The summed E-state index contributed by atoms with van der Waals surface area (Å²) >= 11 is 6.67. The average Bonchev–Trinajstić information content (AvgIpc) is 1.48. The lowest BCUT2D eigenvalue weighted by molar-refractivity contribution is 0.0980. The number of rotatable bonds is 34. The summed E-state index contributed by atoms with van der Waals surface area (Å²) in [5, 5.41) is 25.1. The van der Waals surface area contributed by atoms with Gasteiger partial charge in [0.15, 0.2) is 11.6 Å². The van der Waals surface area contributed by atoms with Gasteiger partial charge in [0, 0.05) is 80.7 Å². The summed E-state index contributed by atoms with van der Waals surface area (Å²) in [7, 11) is 0. The van der Waals surface area contributed by atoms with Crippen molar-refractivity contribution in [3.05, 3.63) is 304 Å². The van der Waals surface area contributed by atoms with E-state index in [-0.39, 0.29) is 34.1 Å². The summed E-state index contributed by atoms with van der Waals surface area (Å²) in [6, 6.07) is 65.7. The Morgan fingerprint density at radius 3 is 0.948 bits per heavy atom. The molecule has 8 aromatic carbocycles. The summed E-state index contributed by atoms with van der Waals surface area (Å²) in [6.07, 6.45) is 11.7. The molecule has 0 N–H and O–H groups in total. The van der Waals surface area contributed by atoms with Crippen molar-refractivity contribution >= 4 is 111 Å². The molecule has 0 saturated heterocycles. The molecule has 12 aromatic rings. The van der Waals surface area contributed by atoms with Crippen molar-refractivity contribution < 1.29 is 47.5 Å². The van der Waals surface area contributed by atoms with Crippen LogP contribution >= 0.6 is 45.3 Å². The Hall–Kier alpha value is -11.4. The number of thiophene rings is 4. The van der Waals surface area contributed by atoms with Gasteiger partial charge in [0.2, 0.25) is 0 Å². The lowest BCUT2D eigenvalue weighted by Crippen LogP contribution is -2.29. The smallest absolute Gasteiger partial charge is 0.270 e. The fourth-order valence-electron chi connectivity index (χ4n) is 16.5. The van der Waals surface area contributed by atoms with Crippen LogP contribution < -0.4 is 18.9 Å². The van der Waals surface area contributed by atoms with Crippen molar-refractivity contribution in [2.75, 3.05) is 79.3 Å². The molecule has 0 amide bonds. The maximum absolute atomic E-state index is 15.3. The number of allylic oxidation sites excluding steroid dienone is 6. The molecule has 0 saturated carbocycles. The molecule has 0 atom stereocenters. The number of unbranched alkanes of at least 4 members (excludes halogenated alkanes) is 4. The Bertz CT molecular complexity index is 5560. The van der Waals surface area contributed by atoms with Crippen LogP contribution in [0.5, 0.6) is 23.0 Å². The van der Waals surface area contributed by atoms with Gasteiger partial charge in [-0.3, -0.25) is 9.59 Å². The summed E-state index contributed by atoms with van der Waals surface area (Å²) in [4.78, 5) is 43.8. The van der Waals surface area contributed by atoms with Gasteiger partial charge in [0.1, 0.15) is 49.4 Å². The van der Waals surface area contributed by atoms with E-state index in [1.165, 1.54) is 0 Å². The van der Waals surface area contributed by atoms with E-state index in [1.807, 2.05) is 133 Å². The van der Waals surface area contributed by atoms with Crippen molar-refractivity contribution in [1.29, 1.82) is 10.5 Å². The van der Waals surface area contributed by atoms with E-state index < -0.39 is 10.8 Å². The molecule has 0 spiro atoms. The van der Waals surface area contributed by atoms with Gasteiger partial charge in [0.05, 0.1) is 91.4 Å². The van der Waals surface area contributed by atoms with Gasteiger partial charge in [-0.15, -0.1) is 45.3 Å². The molecule has 18 heteroatoms. The SMILES string of the molecule is [C-]#[N+]C(C#N)=C1/C(=C/c2cc3c(s2)-c2sc4c5c(sc4c2C3(c2ccc(OCCOCCCC)cc2)c2ccc(OCCOCCCC)cc2)-c2sc(/C=C3\C(=O)c4cc6ccccc6cc4\C3=C(\C#N)[N+]#[C-])cc2C5(c2ccc(OCCOCCCC)cc2)c2ccc(OCCOCCCC)cc2)C(=O)c2cc3ccccc3cc21. The first-order valence-electron chi connectivity index (χ1n) is 39.8. The number of hydrogen-bond donors (Lipinski definition) is 0. The highest BCUT2D eigenvalue weighted by atomic mass is 32.1. The maximum atomic E-state index is 15.3. The summed E-state index contributed by atoms with van der Waals surface area (Å²) in [5.41, 5.74) is 8.58. The lowest BCUT2D eigenvalue weighted by atomic mass is 9.67. The van der Waals surface area contributed by atoms with Gasteiger partial charge in [0.25, 0.3) is 11.4 Å². The second kappa shape index (κ2) is 35.0. The highest BCUT2D eigenvalue weighted by molar-refractivity contribution is 7.34. The summed E-state index contributed by atoms with van der Waals surface area (Å²) < 4.78 is 51.9. The third-order valence-corrected chi connectivity index (χ3v) is 27.0. The summed E-state index contributed by atoms with van der Waals surface area (Å²) in [5.74, 6) is 2.19. The number of fused-ring (bicyclic) bond motifs is 13. The van der Waals surface area contributed by atoms with Gasteiger partial charge in [-0.1, -0.05) is 150 Å². The molecule has 580 valence electrons. The molecule has 16 rings (SSSR count). The molecule has 4 aromatic heterocycles. The first-order chi connectivity index (χ1) is 57.0. The largest absolute Gasteiger partial charge is 0.491 e. The van der Waals surface area contributed by atoms with Crippen LogP contribution in [-0.4, -0.2) is 90.8 Å². The fraction of sp³-hybridized carbons (Fsp3) is 0.265. The molecular formula is C98H84N4O10S4. The summed E-state index contributed by atoms with van der Waals surface area (Å²) in [6.45, 7) is 31.1. The number of carbonyl (C=O) groups excluding carboxylic acids is 2. The third kappa shape index (κ3) is 14.5. The quantitative estimate of drug-likeness (QED) is 0.0162. The normalized spacial score (nSPS) is 15.4. The predicted octanol–water partition coefficient (Wildman–Crippen LogP) is 23.8. The van der Waals surface area contributed by atoms with E-state index >= 15 is 9.59 Å². The van der Waals surface area contributed by atoms with Crippen LogP contribution in [0.3, 0.4) is 0 Å². The first kappa shape index (κ1) is 78.5. The molecule has 116 heavy (non-hydrogen) atoms. The standard InChI is InChI=1S/C98H84N4O10S4/c1-7-11-39-105-43-47-109-69-31-23-65(24-32-69)97(66-25-33-70(34-26-66)110-48-44-106-40-12-8-2)81-57-73(55-79-85(83(59-99)101-5)75-51-61-19-15-17-21-63(61)53-77(75)89(79)103)113-91(81)93-87(97)95-96(115-93)88-94(116-95)92-82(58-74(114-92)56-80-86(84(60-100)102-6)76-52-62-20-16-18-22-64(62)54-78(76)90(80)104)98(88,67-27-35-71(36-28-67)111-49-45-107-41-13-9-3)68-29-37-72(38-30-68)112-50-46-108-42-14-10-4/h15-38,51-58H,7-14,39-50H2,1-4H3/b79-55-,80-56-,85-83+,86-84?. The Kier molecular flexibility index (Phi) is 23.7. The van der Waals surface area contributed by atoms with E-state index in [0.29, 0.717) is 136 Å². The monoisotopic (exact) mass is 1600 g/mol. The molecule has 0 fully saturated rings. The minimum absolute atomic E-state index is 0.164. The number of Topliss-reactive ketones (excluding diaryl/α,β-unsaturated/α-hetero) is 2. The first-order valence-corrected chi connectivity index (χ1v) is 43.1. The van der Waals surface area contributed by atoms with E-state index in [1.54, 1.807) is 45.3 Å². The van der Waals surface area contributed by atoms with E-state index in [2.05, 4.69) is 110 Å². The lowest BCUT2D eigenvalue weighted by Gasteiger charge is -2.34. The number of ketones is 2. The van der Waals surface area contributed by atoms with Crippen LogP contribution in [0.25, 0.3) is 83.4 Å². The zero-order chi connectivity index (χ0) is 79.9. The van der Waals surface area contributed by atoms with E-state index in [9.17, 15) is 10.5 Å². The molecule has 0 unspecified atom stereocenters. The highest BCUT2D eigenvalue weighted by Gasteiger charge is 2.55. The van der Waals surface area contributed by atoms with Gasteiger partial charge in [-0.2, -0.15) is 0 Å². The van der Waals surface area contributed by atoms with E-state index in [0.717, 1.165) is 156 Å². The van der Waals surface area contributed by atoms with Crippen LogP contribution in [-0.2, 0) is 29.8 Å². The van der Waals surface area contributed by atoms with Crippen molar-refractivity contribution in [2.24, 2.45) is 0 Å². The third-order valence-electron chi connectivity index (χ3n) is 22.0. The van der Waals surface area contributed by atoms with Gasteiger partial charge >= 0.3 is 0 Å². The second-order valence-corrected chi connectivity index (χ2v) is 33.3. The number of carbonyl (C=O) groups is 2. The van der Waals surface area contributed by atoms with Gasteiger partial charge < -0.3 is 37.9 Å². The number of benzene rings is 8. The van der Waals surface area contributed by atoms with Crippen molar-refractivity contribution in [3.63, 3.8) is 0 Å².